The van der Waals surface area contributed by atoms with E-state index < -0.39 is 0 Å². The lowest BCUT2D eigenvalue weighted by Crippen LogP contribution is -1.93. The third-order valence-corrected chi connectivity index (χ3v) is 7.52. The lowest BCUT2D eigenvalue weighted by atomic mass is 10.00. The monoisotopic (exact) mass is 514 g/mol. The quantitative estimate of drug-likeness (QED) is 0.145. The lowest BCUT2D eigenvalue weighted by Gasteiger charge is -2.06. The number of aromatic nitrogens is 4. The van der Waals surface area contributed by atoms with Crippen molar-refractivity contribution >= 4 is 54.7 Å². The Bertz CT molecular complexity index is 1950. The number of nitrogen functional groups attached to an aromatic ring is 1. The second-order valence-electron chi connectivity index (χ2n) is 8.91. The van der Waals surface area contributed by atoms with E-state index in [1.54, 1.807) is 12.1 Å². The molecule has 0 amide bonds. The Balaban J connectivity index is 1.35. The molecule has 8 nitrogen and oxygen atoms in total. The summed E-state index contributed by atoms with van der Waals surface area (Å²) < 4.78 is 0. The van der Waals surface area contributed by atoms with Crippen LogP contribution in [0, 0.1) is 10.1 Å². The Morgan fingerprint density at radius 1 is 0.763 bits per heavy atom. The molecule has 0 atom stereocenters. The van der Waals surface area contributed by atoms with Gasteiger partial charge < -0.3 is 10.7 Å². The summed E-state index contributed by atoms with van der Waals surface area (Å²) in [6, 6.07) is 29.1. The summed E-state index contributed by atoms with van der Waals surface area (Å²) in [7, 11) is 0. The summed E-state index contributed by atoms with van der Waals surface area (Å²) >= 11 is 1.24. The number of H-pyrrole nitrogens is 1. The van der Waals surface area contributed by atoms with E-state index in [2.05, 4.69) is 39.4 Å². The van der Waals surface area contributed by atoms with Crippen molar-refractivity contribution in [3.63, 3.8) is 0 Å². The van der Waals surface area contributed by atoms with Crippen LogP contribution in [0.3, 0.4) is 0 Å². The second-order valence-corrected chi connectivity index (χ2v) is 9.92. The maximum Gasteiger partial charge on any atom is 0.277 e. The third kappa shape index (κ3) is 3.48. The first-order valence-corrected chi connectivity index (χ1v) is 12.7. The normalized spacial score (nSPS) is 11.5. The van der Waals surface area contributed by atoms with Gasteiger partial charge in [0.25, 0.3) is 5.69 Å². The van der Waals surface area contributed by atoms with Crippen LogP contribution in [0.4, 0.5) is 10.8 Å². The molecule has 5 aromatic carbocycles. The molecule has 0 aliphatic heterocycles. The maximum atomic E-state index is 11.8. The van der Waals surface area contributed by atoms with E-state index in [4.69, 9.17) is 10.7 Å². The predicted octanol–water partition coefficient (Wildman–Crippen LogP) is 7.21. The molecule has 182 valence electrons. The van der Waals surface area contributed by atoms with E-state index in [0.717, 1.165) is 44.1 Å². The number of benzene rings is 5. The van der Waals surface area contributed by atoms with Gasteiger partial charge in [-0.25, -0.2) is 4.98 Å². The average Bonchev–Trinajstić information content (AvgIpc) is 3.60. The number of nitro groups is 1. The molecule has 0 aliphatic rings. The largest absolute Gasteiger partial charge is 0.374 e. The van der Waals surface area contributed by atoms with Gasteiger partial charge in [0.1, 0.15) is 10.8 Å². The summed E-state index contributed by atoms with van der Waals surface area (Å²) in [5, 5.41) is 25.2. The lowest BCUT2D eigenvalue weighted by molar-refractivity contribution is -0.384. The molecule has 2 heterocycles. The van der Waals surface area contributed by atoms with E-state index >= 15 is 0 Å². The number of fused-ring (bicyclic) bond motifs is 6. The van der Waals surface area contributed by atoms with E-state index in [-0.39, 0.29) is 10.6 Å². The number of hydrogen-bond acceptors (Lipinski definition) is 7. The zero-order chi connectivity index (χ0) is 25.8. The van der Waals surface area contributed by atoms with E-state index in [0.29, 0.717) is 21.3 Å². The van der Waals surface area contributed by atoms with Crippen molar-refractivity contribution < 1.29 is 4.92 Å². The zero-order valence-electron chi connectivity index (χ0n) is 19.8. The fourth-order valence-electron chi connectivity index (χ4n) is 4.98. The molecule has 0 unspecified atom stereocenters. The fraction of sp³-hybridized carbons (Fsp3) is 0. The molecule has 0 saturated carbocycles. The maximum absolute atomic E-state index is 11.8. The molecule has 0 fully saturated rings. The number of rotatable bonds is 4. The molecular weight excluding hydrogens is 496 g/mol. The van der Waals surface area contributed by atoms with Gasteiger partial charge in [0.15, 0.2) is 0 Å². The smallest absolute Gasteiger partial charge is 0.277 e. The fourth-order valence-corrected chi connectivity index (χ4v) is 5.58. The molecule has 7 aromatic rings. The molecule has 38 heavy (non-hydrogen) atoms. The number of hydrogen-bond donors (Lipinski definition) is 2. The van der Waals surface area contributed by atoms with Crippen LogP contribution in [0.25, 0.3) is 65.7 Å². The van der Waals surface area contributed by atoms with Crippen LogP contribution in [-0.4, -0.2) is 25.1 Å². The van der Waals surface area contributed by atoms with Crippen LogP contribution >= 0.6 is 11.3 Å². The van der Waals surface area contributed by atoms with Crippen LogP contribution in [-0.2, 0) is 0 Å². The summed E-state index contributed by atoms with van der Waals surface area (Å²) in [5.74, 6) is 0.737. The van der Waals surface area contributed by atoms with Crippen LogP contribution < -0.4 is 5.73 Å². The number of aromatic amines is 1. The number of nitrogens with two attached hydrogens (primary N) is 1. The Hall–Kier alpha value is -5.15. The summed E-state index contributed by atoms with van der Waals surface area (Å²) in [6.07, 6.45) is 0. The highest BCUT2D eigenvalue weighted by molar-refractivity contribution is 7.18. The Labute approximate surface area is 219 Å². The number of imidazole rings is 1. The highest BCUT2D eigenvalue weighted by atomic mass is 32.1. The van der Waals surface area contributed by atoms with Gasteiger partial charge in [-0.2, -0.15) is 0 Å². The third-order valence-electron chi connectivity index (χ3n) is 6.72. The summed E-state index contributed by atoms with van der Waals surface area (Å²) in [4.78, 5) is 19.9. The van der Waals surface area contributed by atoms with Gasteiger partial charge in [0, 0.05) is 28.0 Å². The summed E-state index contributed by atoms with van der Waals surface area (Å²) in [6.45, 7) is 0. The number of nitrogens with one attached hydrogen (secondary N) is 1. The van der Waals surface area contributed by atoms with Crippen molar-refractivity contribution in [1.82, 2.24) is 20.2 Å². The van der Waals surface area contributed by atoms with Gasteiger partial charge in [-0.15, -0.1) is 10.2 Å². The molecule has 7 rings (SSSR count). The average molecular weight is 515 g/mol. The molecule has 0 saturated heterocycles. The van der Waals surface area contributed by atoms with E-state index in [1.807, 2.05) is 48.5 Å². The van der Waals surface area contributed by atoms with Crippen LogP contribution in [0.5, 0.6) is 0 Å². The van der Waals surface area contributed by atoms with Crippen molar-refractivity contribution in [1.29, 1.82) is 0 Å². The first kappa shape index (κ1) is 22.1. The Morgan fingerprint density at radius 2 is 1.39 bits per heavy atom. The highest BCUT2D eigenvalue weighted by Gasteiger charge is 2.19. The van der Waals surface area contributed by atoms with Gasteiger partial charge in [-0.1, -0.05) is 84.1 Å². The van der Waals surface area contributed by atoms with E-state index in [9.17, 15) is 10.1 Å². The Morgan fingerprint density at radius 3 is 2.08 bits per heavy atom. The van der Waals surface area contributed by atoms with Crippen LogP contribution in [0.15, 0.2) is 91.0 Å². The van der Waals surface area contributed by atoms with E-state index in [1.165, 1.54) is 22.8 Å². The van der Waals surface area contributed by atoms with Crippen molar-refractivity contribution in [3.05, 3.63) is 101 Å². The SMILES string of the molecule is Nc1nnc(-c2ccc([N+](=O)[O-])c(-c3ccc(-c4nc5c6ccccc6c6ccccc6c5[nH]4)cc3)c2)s1. The molecule has 2 aromatic heterocycles. The highest BCUT2D eigenvalue weighted by Crippen LogP contribution is 2.38. The zero-order valence-corrected chi connectivity index (χ0v) is 20.6. The minimum absolute atomic E-state index is 0.0145. The van der Waals surface area contributed by atoms with Crippen molar-refractivity contribution in [3.8, 4) is 33.1 Å². The summed E-state index contributed by atoms with van der Waals surface area (Å²) in [5.41, 5.74) is 10.5. The van der Waals surface area contributed by atoms with Crippen molar-refractivity contribution in [2.24, 2.45) is 0 Å². The van der Waals surface area contributed by atoms with Crippen molar-refractivity contribution in [2.45, 2.75) is 0 Å². The van der Waals surface area contributed by atoms with Crippen LogP contribution in [0.1, 0.15) is 0 Å². The standard InChI is InChI=1S/C29H18N6O2S/c30-29-34-33-28(38-29)18-13-14-24(35(36)37)23(15-18)16-9-11-17(12-10-16)27-31-25-21-7-3-1-5-19(21)20-6-2-4-8-22(20)26(25)32-27/h1-15H,(H2,30,34)(H,31,32). The van der Waals surface area contributed by atoms with Gasteiger partial charge in [0.2, 0.25) is 5.13 Å². The van der Waals surface area contributed by atoms with Gasteiger partial charge in [-0.3, -0.25) is 10.1 Å². The number of nitrogens with zero attached hydrogens (tertiary/aromatic N) is 4. The second kappa shape index (κ2) is 8.46. The Kier molecular flexibility index (Phi) is 4.92. The van der Waals surface area contributed by atoms with Crippen molar-refractivity contribution in [2.75, 3.05) is 5.73 Å². The molecule has 0 bridgehead atoms. The molecule has 3 N–H and O–H groups in total. The topological polar surface area (TPSA) is 124 Å². The number of anilines is 1. The molecular formula is C29H18N6O2S. The number of nitro benzene ring substituents is 1. The predicted molar refractivity (Wildman–Crippen MR) is 152 cm³/mol. The minimum Gasteiger partial charge on any atom is -0.374 e. The minimum atomic E-state index is -0.378. The van der Waals surface area contributed by atoms with Gasteiger partial charge in [-0.05, 0) is 28.5 Å². The molecule has 9 heteroatoms. The van der Waals surface area contributed by atoms with Crippen LogP contribution in [0.2, 0.25) is 0 Å². The van der Waals surface area contributed by atoms with Gasteiger partial charge >= 0.3 is 0 Å². The molecule has 0 aliphatic carbocycles. The van der Waals surface area contributed by atoms with Gasteiger partial charge in [0.05, 0.1) is 21.5 Å². The molecule has 0 spiro atoms. The first-order chi connectivity index (χ1) is 18.6. The molecule has 0 radical (unpaired) electrons. The first-order valence-electron chi connectivity index (χ1n) is 11.8.